The maximum absolute atomic E-state index is 12.2. The van der Waals surface area contributed by atoms with Gasteiger partial charge in [0.25, 0.3) is 0 Å². The SMILES string of the molecule is CC(C)N(CCCBr)C(=O)C1CC1(C)C. The van der Waals surface area contributed by atoms with Crippen molar-refractivity contribution in [3.8, 4) is 0 Å². The summed E-state index contributed by atoms with van der Waals surface area (Å²) in [5.74, 6) is 0.631. The molecular weight excluding hydrogens is 254 g/mol. The Balaban J connectivity index is 2.53. The van der Waals surface area contributed by atoms with Gasteiger partial charge in [0.15, 0.2) is 0 Å². The molecule has 15 heavy (non-hydrogen) atoms. The first kappa shape index (κ1) is 13.0. The maximum Gasteiger partial charge on any atom is 0.226 e. The van der Waals surface area contributed by atoms with Crippen LogP contribution in [0.3, 0.4) is 0 Å². The number of halogens is 1. The predicted molar refractivity (Wildman–Crippen MR) is 67.1 cm³/mol. The molecule has 3 heteroatoms. The molecule has 1 fully saturated rings. The van der Waals surface area contributed by atoms with E-state index in [1.807, 2.05) is 4.90 Å². The van der Waals surface area contributed by atoms with Crippen molar-refractivity contribution in [1.29, 1.82) is 0 Å². The summed E-state index contributed by atoms with van der Waals surface area (Å²) in [6.07, 6.45) is 2.10. The molecule has 0 radical (unpaired) electrons. The zero-order valence-electron chi connectivity index (χ0n) is 10.2. The lowest BCUT2D eigenvalue weighted by Gasteiger charge is -2.27. The lowest BCUT2D eigenvalue weighted by molar-refractivity contribution is -0.135. The van der Waals surface area contributed by atoms with Gasteiger partial charge in [-0.1, -0.05) is 29.8 Å². The molecule has 0 aromatic rings. The van der Waals surface area contributed by atoms with Crippen LogP contribution in [0.1, 0.15) is 40.5 Å². The molecular formula is C12H22BrNO. The third-order valence-electron chi connectivity index (χ3n) is 3.25. The van der Waals surface area contributed by atoms with Gasteiger partial charge in [-0.25, -0.2) is 0 Å². The first-order valence-electron chi connectivity index (χ1n) is 5.76. The topological polar surface area (TPSA) is 20.3 Å². The molecule has 2 nitrogen and oxygen atoms in total. The van der Waals surface area contributed by atoms with Gasteiger partial charge < -0.3 is 4.90 Å². The van der Waals surface area contributed by atoms with Crippen LogP contribution in [-0.4, -0.2) is 28.7 Å². The lowest BCUT2D eigenvalue weighted by atomic mass is 10.1. The second-order valence-electron chi connectivity index (χ2n) is 5.41. The fourth-order valence-corrected chi connectivity index (χ4v) is 2.19. The fourth-order valence-electron chi connectivity index (χ4n) is 1.94. The number of alkyl halides is 1. The number of hydrogen-bond donors (Lipinski definition) is 0. The normalized spacial score (nSPS) is 22.9. The minimum Gasteiger partial charge on any atom is -0.340 e. The van der Waals surface area contributed by atoms with Crippen LogP contribution in [0.25, 0.3) is 0 Å². The van der Waals surface area contributed by atoms with Gasteiger partial charge in [0.2, 0.25) is 5.91 Å². The van der Waals surface area contributed by atoms with E-state index in [1.54, 1.807) is 0 Å². The number of hydrogen-bond acceptors (Lipinski definition) is 1. The fraction of sp³-hybridized carbons (Fsp3) is 0.917. The van der Waals surface area contributed by atoms with Crippen molar-refractivity contribution < 1.29 is 4.79 Å². The highest BCUT2D eigenvalue weighted by Gasteiger charge is 2.52. The average Bonchev–Trinajstić information content (AvgIpc) is 2.75. The number of nitrogens with zero attached hydrogens (tertiary/aromatic N) is 1. The smallest absolute Gasteiger partial charge is 0.226 e. The molecule has 1 atom stereocenters. The molecule has 0 spiro atoms. The summed E-state index contributed by atoms with van der Waals surface area (Å²) < 4.78 is 0. The number of amides is 1. The van der Waals surface area contributed by atoms with E-state index < -0.39 is 0 Å². The zero-order valence-corrected chi connectivity index (χ0v) is 11.8. The van der Waals surface area contributed by atoms with Crippen LogP contribution in [0.2, 0.25) is 0 Å². The van der Waals surface area contributed by atoms with E-state index in [2.05, 4.69) is 43.6 Å². The van der Waals surface area contributed by atoms with Gasteiger partial charge in [-0.2, -0.15) is 0 Å². The molecule has 0 N–H and O–H groups in total. The van der Waals surface area contributed by atoms with Crippen LogP contribution in [0.4, 0.5) is 0 Å². The molecule has 1 aliphatic carbocycles. The molecule has 0 aliphatic heterocycles. The molecule has 0 aromatic heterocycles. The molecule has 88 valence electrons. The Hall–Kier alpha value is -0.0500. The Labute approximate surface area is 102 Å². The largest absolute Gasteiger partial charge is 0.340 e. The Bertz CT molecular complexity index is 238. The molecule has 1 amide bonds. The van der Waals surface area contributed by atoms with Crippen molar-refractivity contribution in [2.45, 2.75) is 46.6 Å². The van der Waals surface area contributed by atoms with Gasteiger partial charge in [0.1, 0.15) is 0 Å². The summed E-state index contributed by atoms with van der Waals surface area (Å²) in [6.45, 7) is 9.44. The van der Waals surface area contributed by atoms with Crippen LogP contribution in [0, 0.1) is 11.3 Å². The van der Waals surface area contributed by atoms with Crippen molar-refractivity contribution in [1.82, 2.24) is 4.90 Å². The van der Waals surface area contributed by atoms with Crippen molar-refractivity contribution in [2.24, 2.45) is 11.3 Å². The number of carbonyl (C=O) groups excluding carboxylic acids is 1. The summed E-state index contributed by atoms with van der Waals surface area (Å²) in [7, 11) is 0. The molecule has 0 bridgehead atoms. The van der Waals surface area contributed by atoms with Crippen LogP contribution < -0.4 is 0 Å². The van der Waals surface area contributed by atoms with Gasteiger partial charge in [-0.05, 0) is 32.1 Å². The van der Waals surface area contributed by atoms with Crippen molar-refractivity contribution in [3.63, 3.8) is 0 Å². The summed E-state index contributed by atoms with van der Waals surface area (Å²) in [6, 6.07) is 0.327. The molecule has 0 saturated heterocycles. The van der Waals surface area contributed by atoms with Gasteiger partial charge in [0, 0.05) is 23.8 Å². The molecule has 1 aliphatic rings. The van der Waals surface area contributed by atoms with Crippen LogP contribution in [0.15, 0.2) is 0 Å². The van der Waals surface area contributed by atoms with E-state index in [0.29, 0.717) is 11.9 Å². The van der Waals surface area contributed by atoms with E-state index in [1.165, 1.54) is 0 Å². The number of carbonyl (C=O) groups is 1. The van der Waals surface area contributed by atoms with E-state index in [-0.39, 0.29) is 11.3 Å². The summed E-state index contributed by atoms with van der Waals surface area (Å²) >= 11 is 3.41. The van der Waals surface area contributed by atoms with Crippen LogP contribution >= 0.6 is 15.9 Å². The molecule has 1 rings (SSSR count). The van der Waals surface area contributed by atoms with Crippen LogP contribution in [0.5, 0.6) is 0 Å². The molecule has 1 saturated carbocycles. The van der Waals surface area contributed by atoms with Gasteiger partial charge in [-0.3, -0.25) is 4.79 Å². The first-order chi connectivity index (χ1) is 6.90. The Morgan fingerprint density at radius 1 is 1.53 bits per heavy atom. The van der Waals surface area contributed by atoms with Gasteiger partial charge in [-0.15, -0.1) is 0 Å². The van der Waals surface area contributed by atoms with E-state index in [0.717, 1.165) is 24.7 Å². The second kappa shape index (κ2) is 4.86. The van der Waals surface area contributed by atoms with Gasteiger partial charge in [0.05, 0.1) is 0 Å². The number of rotatable bonds is 5. The Morgan fingerprint density at radius 3 is 2.40 bits per heavy atom. The highest BCUT2D eigenvalue weighted by Crippen LogP contribution is 2.52. The first-order valence-corrected chi connectivity index (χ1v) is 6.88. The average molecular weight is 276 g/mol. The van der Waals surface area contributed by atoms with Crippen molar-refractivity contribution in [3.05, 3.63) is 0 Å². The predicted octanol–water partition coefficient (Wildman–Crippen LogP) is 3.05. The summed E-state index contributed by atoms with van der Waals surface area (Å²) in [5.41, 5.74) is 0.249. The zero-order chi connectivity index (χ0) is 11.6. The minimum atomic E-state index is 0.249. The van der Waals surface area contributed by atoms with E-state index >= 15 is 0 Å². The monoisotopic (exact) mass is 275 g/mol. The summed E-state index contributed by atoms with van der Waals surface area (Å²) in [4.78, 5) is 14.2. The van der Waals surface area contributed by atoms with Crippen molar-refractivity contribution in [2.75, 3.05) is 11.9 Å². The van der Waals surface area contributed by atoms with Crippen LogP contribution in [-0.2, 0) is 4.79 Å². The third kappa shape index (κ3) is 3.20. The highest BCUT2D eigenvalue weighted by atomic mass is 79.9. The Kier molecular flexibility index (Phi) is 4.21. The molecule has 0 aromatic carbocycles. The van der Waals surface area contributed by atoms with Crippen molar-refractivity contribution >= 4 is 21.8 Å². The molecule has 1 unspecified atom stereocenters. The van der Waals surface area contributed by atoms with E-state index in [9.17, 15) is 4.79 Å². The standard InChI is InChI=1S/C12H22BrNO/c1-9(2)14(7-5-6-13)11(15)10-8-12(10,3)4/h9-10H,5-8H2,1-4H3. The second-order valence-corrected chi connectivity index (χ2v) is 6.21. The Morgan fingerprint density at radius 2 is 2.07 bits per heavy atom. The summed E-state index contributed by atoms with van der Waals surface area (Å²) in [5, 5.41) is 0.970. The maximum atomic E-state index is 12.2. The molecule has 0 heterocycles. The third-order valence-corrected chi connectivity index (χ3v) is 3.81. The van der Waals surface area contributed by atoms with Gasteiger partial charge >= 0.3 is 0 Å². The quantitative estimate of drug-likeness (QED) is 0.707. The lowest BCUT2D eigenvalue weighted by Crippen LogP contribution is -2.39. The van der Waals surface area contributed by atoms with E-state index in [4.69, 9.17) is 0 Å². The minimum absolute atomic E-state index is 0.249. The highest BCUT2D eigenvalue weighted by molar-refractivity contribution is 9.09.